The van der Waals surface area contributed by atoms with Gasteiger partial charge < -0.3 is 19.5 Å². The topological polar surface area (TPSA) is 93.9 Å². The molecule has 1 fully saturated rings. The van der Waals surface area contributed by atoms with Gasteiger partial charge in [0.15, 0.2) is 0 Å². The van der Waals surface area contributed by atoms with Gasteiger partial charge in [0.1, 0.15) is 18.1 Å². The second kappa shape index (κ2) is 9.18. The molecule has 1 unspecified atom stereocenters. The van der Waals surface area contributed by atoms with E-state index in [1.807, 2.05) is 0 Å². The predicted molar refractivity (Wildman–Crippen MR) is 116 cm³/mol. The summed E-state index contributed by atoms with van der Waals surface area (Å²) < 4.78 is 12.4. The van der Waals surface area contributed by atoms with Crippen LogP contribution in [0.1, 0.15) is 28.6 Å². The van der Waals surface area contributed by atoms with Crippen LogP contribution in [0.15, 0.2) is 42.5 Å². The number of rotatable bonds is 8. The maximum absolute atomic E-state index is 13.0. The highest BCUT2D eigenvalue weighted by molar-refractivity contribution is 6.46. The molecule has 1 saturated heterocycles. The molecule has 0 bridgehead atoms. The third-order valence-electron chi connectivity index (χ3n) is 5.36. The molecule has 0 aliphatic carbocycles. The van der Waals surface area contributed by atoms with Crippen LogP contribution in [-0.4, -0.2) is 58.3 Å². The van der Waals surface area contributed by atoms with Crippen molar-refractivity contribution in [3.63, 3.8) is 0 Å². The van der Waals surface area contributed by atoms with Crippen molar-refractivity contribution in [3.05, 3.63) is 65.0 Å². The molecule has 1 aromatic carbocycles. The highest BCUT2D eigenvalue weighted by Gasteiger charge is 2.46. The van der Waals surface area contributed by atoms with Crippen LogP contribution in [0.4, 0.5) is 0 Å². The van der Waals surface area contributed by atoms with E-state index in [2.05, 4.69) is 11.7 Å². The summed E-state index contributed by atoms with van der Waals surface area (Å²) in [4.78, 5) is 27.3. The number of nitrogens with zero attached hydrogens (tertiary/aromatic N) is 3. The number of benzene rings is 1. The highest BCUT2D eigenvalue weighted by Crippen LogP contribution is 2.41. The first-order chi connectivity index (χ1) is 14.8. The number of Topliss-reactive ketones (excluding diaryl/α,β-unsaturated/α-hetero) is 1. The number of carbonyl (C=O) groups excluding carboxylic acids is 2. The Balaban J connectivity index is 2.19. The van der Waals surface area contributed by atoms with Gasteiger partial charge in [0.2, 0.25) is 0 Å². The van der Waals surface area contributed by atoms with E-state index in [9.17, 15) is 14.7 Å². The van der Waals surface area contributed by atoms with Crippen molar-refractivity contribution in [1.29, 1.82) is 0 Å². The number of ketones is 1. The molecule has 8 heteroatoms. The van der Waals surface area contributed by atoms with Gasteiger partial charge >= 0.3 is 0 Å². The number of aliphatic hydroxyl groups is 1. The Kier molecular flexibility index (Phi) is 6.60. The first-order valence-electron chi connectivity index (χ1n) is 9.93. The summed E-state index contributed by atoms with van der Waals surface area (Å²) in [5.74, 6) is -1.08. The SMILES string of the molecule is C=CCOc1cccc(C2/C(=C(\O)c3c(C)nn(C)c3C)C(=O)C(=O)N2CCOC)c1. The maximum Gasteiger partial charge on any atom is 0.295 e. The minimum atomic E-state index is -0.776. The molecule has 2 aromatic rings. The summed E-state index contributed by atoms with van der Waals surface area (Å²) in [7, 11) is 3.28. The summed E-state index contributed by atoms with van der Waals surface area (Å²) in [5, 5.41) is 15.5. The maximum atomic E-state index is 13.0. The van der Waals surface area contributed by atoms with E-state index < -0.39 is 17.7 Å². The second-order valence-corrected chi connectivity index (χ2v) is 7.33. The summed E-state index contributed by atoms with van der Waals surface area (Å²) in [6.07, 6.45) is 1.63. The summed E-state index contributed by atoms with van der Waals surface area (Å²) in [5.41, 5.74) is 2.40. The molecule has 0 spiro atoms. The summed E-state index contributed by atoms with van der Waals surface area (Å²) >= 11 is 0. The number of aromatic nitrogens is 2. The molecule has 2 heterocycles. The van der Waals surface area contributed by atoms with Crippen molar-refractivity contribution >= 4 is 17.4 Å². The molecule has 31 heavy (non-hydrogen) atoms. The van der Waals surface area contributed by atoms with Crippen molar-refractivity contribution in [1.82, 2.24) is 14.7 Å². The lowest BCUT2D eigenvalue weighted by Gasteiger charge is -2.25. The smallest absolute Gasteiger partial charge is 0.295 e. The van der Waals surface area contributed by atoms with Crippen LogP contribution in [0.2, 0.25) is 0 Å². The first-order valence-corrected chi connectivity index (χ1v) is 9.93. The molecule has 1 aromatic heterocycles. The number of likely N-dealkylation sites (tertiary alicyclic amines) is 1. The first kappa shape index (κ1) is 22.3. The van der Waals surface area contributed by atoms with Gasteiger partial charge in [-0.1, -0.05) is 24.8 Å². The van der Waals surface area contributed by atoms with E-state index in [0.717, 1.165) is 0 Å². The van der Waals surface area contributed by atoms with Crippen molar-refractivity contribution in [2.45, 2.75) is 19.9 Å². The fourth-order valence-corrected chi connectivity index (χ4v) is 3.83. The van der Waals surface area contributed by atoms with Gasteiger partial charge in [0, 0.05) is 26.4 Å². The van der Waals surface area contributed by atoms with Gasteiger partial charge in [-0.05, 0) is 31.5 Å². The number of methoxy groups -OCH3 is 1. The Morgan fingerprint density at radius 3 is 2.68 bits per heavy atom. The lowest BCUT2D eigenvalue weighted by atomic mass is 9.94. The molecule has 1 aliphatic rings. The summed E-state index contributed by atoms with van der Waals surface area (Å²) in [6, 6.07) is 6.35. The lowest BCUT2D eigenvalue weighted by Crippen LogP contribution is -2.32. The molecule has 0 radical (unpaired) electrons. The molecular weight excluding hydrogens is 398 g/mol. The van der Waals surface area contributed by atoms with Gasteiger partial charge in [-0.15, -0.1) is 0 Å². The average molecular weight is 425 g/mol. The zero-order valence-electron chi connectivity index (χ0n) is 18.2. The zero-order valence-corrected chi connectivity index (χ0v) is 18.2. The number of hydrogen-bond donors (Lipinski definition) is 1. The second-order valence-electron chi connectivity index (χ2n) is 7.33. The van der Waals surface area contributed by atoms with Gasteiger partial charge in [-0.3, -0.25) is 14.3 Å². The van der Waals surface area contributed by atoms with Crippen molar-refractivity contribution < 1.29 is 24.2 Å². The minimum absolute atomic E-state index is 0.0289. The highest BCUT2D eigenvalue weighted by atomic mass is 16.5. The number of carbonyl (C=O) groups is 2. The monoisotopic (exact) mass is 425 g/mol. The molecule has 3 rings (SSSR count). The Morgan fingerprint density at radius 1 is 1.32 bits per heavy atom. The fourth-order valence-electron chi connectivity index (χ4n) is 3.83. The van der Waals surface area contributed by atoms with Crippen LogP contribution in [-0.2, 0) is 21.4 Å². The Morgan fingerprint density at radius 2 is 2.06 bits per heavy atom. The van der Waals surface area contributed by atoms with Gasteiger partial charge in [0.05, 0.1) is 29.5 Å². The molecule has 1 N–H and O–H groups in total. The van der Waals surface area contributed by atoms with Crippen LogP contribution < -0.4 is 4.74 Å². The Hall–Kier alpha value is -3.39. The average Bonchev–Trinajstić information content (AvgIpc) is 3.16. The molecule has 1 aliphatic heterocycles. The van der Waals surface area contributed by atoms with E-state index in [1.165, 1.54) is 12.0 Å². The van der Waals surface area contributed by atoms with Crippen molar-refractivity contribution in [2.75, 3.05) is 26.9 Å². The molecule has 1 amide bonds. The van der Waals surface area contributed by atoms with Crippen LogP contribution >= 0.6 is 0 Å². The molecule has 1 atom stereocenters. The third kappa shape index (κ3) is 4.11. The molecule has 0 saturated carbocycles. The standard InChI is InChI=1S/C23H27N3O5/c1-6-11-31-17-9-7-8-16(13-17)20-19(22(28)23(29)26(20)10-12-30-5)21(27)18-14(2)24-25(4)15(18)3/h6-9,13,20,27H,1,10-12H2,2-5H3/b21-19+. The normalized spacial score (nSPS) is 17.9. The van der Waals surface area contributed by atoms with Crippen molar-refractivity contribution in [3.8, 4) is 5.75 Å². The number of ether oxygens (including phenoxy) is 2. The molecule has 8 nitrogen and oxygen atoms in total. The van der Waals surface area contributed by atoms with Crippen LogP contribution in [0, 0.1) is 13.8 Å². The van der Waals surface area contributed by atoms with Crippen LogP contribution in [0.5, 0.6) is 5.75 Å². The number of aliphatic hydroxyl groups excluding tert-OH is 1. The van der Waals surface area contributed by atoms with Gasteiger partial charge in [-0.2, -0.15) is 5.10 Å². The molecular formula is C23H27N3O5. The molecule has 164 valence electrons. The van der Waals surface area contributed by atoms with E-state index in [4.69, 9.17) is 9.47 Å². The Bertz CT molecular complexity index is 1050. The summed E-state index contributed by atoms with van der Waals surface area (Å²) in [6.45, 7) is 7.97. The van der Waals surface area contributed by atoms with E-state index in [-0.39, 0.29) is 24.5 Å². The minimum Gasteiger partial charge on any atom is -0.507 e. The van der Waals surface area contributed by atoms with E-state index in [1.54, 1.807) is 55.9 Å². The van der Waals surface area contributed by atoms with Crippen LogP contribution in [0.25, 0.3) is 5.76 Å². The predicted octanol–water partition coefficient (Wildman–Crippen LogP) is 2.67. The third-order valence-corrected chi connectivity index (χ3v) is 5.36. The number of hydrogen-bond acceptors (Lipinski definition) is 6. The largest absolute Gasteiger partial charge is 0.507 e. The van der Waals surface area contributed by atoms with E-state index >= 15 is 0 Å². The van der Waals surface area contributed by atoms with Gasteiger partial charge in [0.25, 0.3) is 11.7 Å². The fraction of sp³-hybridized carbons (Fsp3) is 0.348. The van der Waals surface area contributed by atoms with Gasteiger partial charge in [-0.25, -0.2) is 0 Å². The quantitative estimate of drug-likeness (QED) is 0.302. The Labute approximate surface area is 181 Å². The van der Waals surface area contributed by atoms with Crippen molar-refractivity contribution in [2.24, 2.45) is 7.05 Å². The lowest BCUT2D eigenvalue weighted by molar-refractivity contribution is -0.140. The number of aryl methyl sites for hydroxylation is 2. The number of amides is 1. The van der Waals surface area contributed by atoms with E-state index in [0.29, 0.717) is 34.9 Å². The zero-order chi connectivity index (χ0) is 22.7. The van der Waals surface area contributed by atoms with Crippen LogP contribution in [0.3, 0.4) is 0 Å².